The fraction of sp³-hybridized carbons (Fsp3) is 0.500. The summed E-state index contributed by atoms with van der Waals surface area (Å²) in [6.45, 7) is 6.71. The zero-order valence-electron chi connectivity index (χ0n) is 18.8. The third-order valence-electron chi connectivity index (χ3n) is 6.36. The molecule has 2 aromatic carbocycles. The van der Waals surface area contributed by atoms with Gasteiger partial charge < -0.3 is 14.2 Å². The maximum absolute atomic E-state index is 13.5. The molecule has 0 amide bonds. The highest BCUT2D eigenvalue weighted by Crippen LogP contribution is 2.37. The molecule has 3 atom stereocenters. The van der Waals surface area contributed by atoms with E-state index >= 15 is 0 Å². The normalized spacial score (nSPS) is 21.5. The molecule has 0 spiro atoms. The van der Waals surface area contributed by atoms with E-state index in [2.05, 4.69) is 20.8 Å². The Morgan fingerprint density at radius 3 is 1.80 bits per heavy atom. The van der Waals surface area contributed by atoms with Gasteiger partial charge in [0.15, 0.2) is 0 Å². The Labute approximate surface area is 180 Å². The van der Waals surface area contributed by atoms with Crippen molar-refractivity contribution in [2.45, 2.75) is 52.1 Å². The summed E-state index contributed by atoms with van der Waals surface area (Å²) in [5.74, 6) is 2.36. The van der Waals surface area contributed by atoms with Crippen LogP contribution in [0.2, 0.25) is 0 Å². The van der Waals surface area contributed by atoms with E-state index < -0.39 is 5.92 Å². The molecular formula is C26H34O4. The highest BCUT2D eigenvalue weighted by molar-refractivity contribution is 5.82. The summed E-state index contributed by atoms with van der Waals surface area (Å²) >= 11 is 0. The number of ether oxygens (including phenoxy) is 3. The van der Waals surface area contributed by atoms with Gasteiger partial charge in [-0.2, -0.15) is 0 Å². The van der Waals surface area contributed by atoms with Crippen molar-refractivity contribution in [1.29, 1.82) is 0 Å². The Morgan fingerprint density at radius 1 is 0.867 bits per heavy atom. The largest absolute Gasteiger partial charge is 0.497 e. The zero-order chi connectivity index (χ0) is 21.7. The van der Waals surface area contributed by atoms with Crippen LogP contribution in [0.25, 0.3) is 0 Å². The number of hydrogen-bond acceptors (Lipinski definition) is 4. The Morgan fingerprint density at radius 2 is 1.37 bits per heavy atom. The van der Waals surface area contributed by atoms with E-state index in [0.29, 0.717) is 17.8 Å². The lowest BCUT2D eigenvalue weighted by Crippen LogP contribution is -2.37. The monoisotopic (exact) mass is 410 g/mol. The minimum Gasteiger partial charge on any atom is -0.497 e. The minimum absolute atomic E-state index is 0.0275. The molecule has 4 nitrogen and oxygen atoms in total. The number of carbonyl (C=O) groups is 1. The second-order valence-electron chi connectivity index (χ2n) is 8.78. The second kappa shape index (κ2) is 10.0. The first-order chi connectivity index (χ1) is 14.4. The molecule has 1 aliphatic rings. The van der Waals surface area contributed by atoms with E-state index in [-0.39, 0.29) is 12.1 Å². The van der Waals surface area contributed by atoms with Crippen LogP contribution in [0.3, 0.4) is 0 Å². The van der Waals surface area contributed by atoms with Crippen LogP contribution in [0.5, 0.6) is 11.5 Å². The van der Waals surface area contributed by atoms with E-state index in [1.165, 1.54) is 6.42 Å². The fourth-order valence-corrected chi connectivity index (χ4v) is 4.52. The van der Waals surface area contributed by atoms with Crippen LogP contribution in [0, 0.1) is 17.8 Å². The van der Waals surface area contributed by atoms with Gasteiger partial charge >= 0.3 is 5.97 Å². The molecule has 0 radical (unpaired) electrons. The van der Waals surface area contributed by atoms with Crippen LogP contribution in [-0.2, 0) is 9.53 Å². The van der Waals surface area contributed by atoms with Crippen molar-refractivity contribution < 1.29 is 19.0 Å². The number of esters is 1. The van der Waals surface area contributed by atoms with Crippen LogP contribution < -0.4 is 9.47 Å². The molecule has 3 rings (SSSR count). The minimum atomic E-state index is -0.480. The molecule has 1 fully saturated rings. The summed E-state index contributed by atoms with van der Waals surface area (Å²) in [4.78, 5) is 13.5. The molecular weight excluding hydrogens is 376 g/mol. The Balaban J connectivity index is 1.90. The predicted octanol–water partition coefficient (Wildman–Crippen LogP) is 5.84. The van der Waals surface area contributed by atoms with Crippen molar-refractivity contribution >= 4 is 5.97 Å². The third kappa shape index (κ3) is 5.16. The third-order valence-corrected chi connectivity index (χ3v) is 6.36. The van der Waals surface area contributed by atoms with Crippen molar-refractivity contribution in [2.75, 3.05) is 14.2 Å². The van der Waals surface area contributed by atoms with Gasteiger partial charge in [-0.3, -0.25) is 4.79 Å². The fourth-order valence-electron chi connectivity index (χ4n) is 4.52. The van der Waals surface area contributed by atoms with Crippen molar-refractivity contribution in [3.8, 4) is 11.5 Å². The topological polar surface area (TPSA) is 44.8 Å². The van der Waals surface area contributed by atoms with Gasteiger partial charge in [-0.25, -0.2) is 0 Å². The van der Waals surface area contributed by atoms with Crippen LogP contribution in [0.15, 0.2) is 48.5 Å². The Bertz CT molecular complexity index is 762. The van der Waals surface area contributed by atoms with E-state index in [1.54, 1.807) is 14.2 Å². The van der Waals surface area contributed by atoms with Gasteiger partial charge in [0.25, 0.3) is 0 Å². The Kier molecular flexibility index (Phi) is 7.41. The zero-order valence-corrected chi connectivity index (χ0v) is 18.8. The number of carbonyl (C=O) groups excluding carboxylic acids is 1. The predicted molar refractivity (Wildman–Crippen MR) is 119 cm³/mol. The first kappa shape index (κ1) is 22.2. The molecule has 0 aliphatic heterocycles. The summed E-state index contributed by atoms with van der Waals surface area (Å²) in [6, 6.07) is 15.3. The maximum atomic E-state index is 13.5. The average molecular weight is 411 g/mol. The molecule has 2 aromatic rings. The highest BCUT2D eigenvalue weighted by atomic mass is 16.5. The van der Waals surface area contributed by atoms with Gasteiger partial charge in [0.2, 0.25) is 0 Å². The lowest BCUT2D eigenvalue weighted by atomic mass is 9.75. The lowest BCUT2D eigenvalue weighted by Gasteiger charge is -2.37. The molecule has 0 heterocycles. The van der Waals surface area contributed by atoms with Crippen molar-refractivity contribution in [3.05, 3.63) is 59.7 Å². The van der Waals surface area contributed by atoms with Crippen LogP contribution in [-0.4, -0.2) is 26.3 Å². The van der Waals surface area contributed by atoms with Crippen LogP contribution >= 0.6 is 0 Å². The average Bonchev–Trinajstić information content (AvgIpc) is 2.74. The van der Waals surface area contributed by atoms with Gasteiger partial charge in [-0.1, -0.05) is 51.5 Å². The molecule has 1 saturated carbocycles. The van der Waals surface area contributed by atoms with Crippen molar-refractivity contribution in [2.24, 2.45) is 17.8 Å². The molecule has 0 N–H and O–H groups in total. The van der Waals surface area contributed by atoms with Gasteiger partial charge in [-0.05, 0) is 66.0 Å². The molecule has 162 valence electrons. The summed E-state index contributed by atoms with van der Waals surface area (Å²) < 4.78 is 16.8. The standard InChI is InChI=1S/C26H34O4/c1-17(2)23-15-6-18(3)16-24(23)30-26(27)25(19-7-11-21(28-4)12-8-19)20-9-13-22(29-5)14-10-20/h7-14,17-18,23-25H,6,15-16H2,1-5H3/t18-,23-,24-/m1/s1. The molecule has 4 heteroatoms. The summed E-state index contributed by atoms with van der Waals surface area (Å²) in [5, 5.41) is 0. The quantitative estimate of drug-likeness (QED) is 0.538. The number of methoxy groups -OCH3 is 2. The van der Waals surface area contributed by atoms with Crippen LogP contribution in [0.4, 0.5) is 0 Å². The second-order valence-corrected chi connectivity index (χ2v) is 8.78. The molecule has 0 saturated heterocycles. The van der Waals surface area contributed by atoms with E-state index in [4.69, 9.17) is 14.2 Å². The smallest absolute Gasteiger partial charge is 0.318 e. The molecule has 30 heavy (non-hydrogen) atoms. The first-order valence-electron chi connectivity index (χ1n) is 10.9. The summed E-state index contributed by atoms with van der Waals surface area (Å²) in [6.07, 6.45) is 3.23. The summed E-state index contributed by atoms with van der Waals surface area (Å²) in [7, 11) is 3.28. The Hall–Kier alpha value is -2.49. The van der Waals surface area contributed by atoms with E-state index in [9.17, 15) is 4.79 Å². The number of rotatable bonds is 7. The van der Waals surface area contributed by atoms with Crippen molar-refractivity contribution in [1.82, 2.24) is 0 Å². The van der Waals surface area contributed by atoms with Crippen LogP contribution in [0.1, 0.15) is 57.1 Å². The van der Waals surface area contributed by atoms with Gasteiger partial charge in [-0.15, -0.1) is 0 Å². The summed E-state index contributed by atoms with van der Waals surface area (Å²) in [5.41, 5.74) is 1.80. The molecule has 1 aliphatic carbocycles. The first-order valence-corrected chi connectivity index (χ1v) is 10.9. The molecule has 0 aromatic heterocycles. The lowest BCUT2D eigenvalue weighted by molar-refractivity contribution is -0.156. The molecule has 0 bridgehead atoms. The van der Waals surface area contributed by atoms with Gasteiger partial charge in [0.05, 0.1) is 14.2 Å². The SMILES string of the molecule is COc1ccc(C(C(=O)O[C@@H]2C[C@H](C)CC[C@@H]2C(C)C)c2ccc(OC)cc2)cc1. The number of benzene rings is 2. The molecule has 0 unspecified atom stereocenters. The maximum Gasteiger partial charge on any atom is 0.318 e. The van der Waals surface area contributed by atoms with Gasteiger partial charge in [0.1, 0.15) is 23.5 Å². The van der Waals surface area contributed by atoms with Gasteiger partial charge in [0, 0.05) is 0 Å². The van der Waals surface area contributed by atoms with E-state index in [0.717, 1.165) is 35.5 Å². The highest BCUT2D eigenvalue weighted by Gasteiger charge is 2.35. The number of hydrogen-bond donors (Lipinski definition) is 0. The van der Waals surface area contributed by atoms with Crippen molar-refractivity contribution in [3.63, 3.8) is 0 Å². The van der Waals surface area contributed by atoms with E-state index in [1.807, 2.05) is 48.5 Å².